The maximum atomic E-state index is 13.8. The summed E-state index contributed by atoms with van der Waals surface area (Å²) < 4.78 is 54.7. The maximum absolute atomic E-state index is 13.8. The SMILES string of the molecule is CNC(=O)[C@@H]1C[C@@]2(C[C@@H]2C(=O)NCc2cc(F)ccc2F)CN1S(=O)(=O)c1ccccc1. The standard InChI is InChI=1S/C22H23F2N3O4S/c1-25-21(29)19-11-22(13-27(19)32(30,31)16-5-3-2-4-6-16)10-17(22)20(28)26-12-14-9-15(23)7-8-18(14)24/h2-9,17,19H,10-13H2,1H3,(H,25,29)(H,26,28)/t17-,19+,22+/m1/s1. The molecule has 1 saturated carbocycles. The fourth-order valence-corrected chi connectivity index (χ4v) is 6.15. The normalized spacial score (nSPS) is 25.0. The molecule has 170 valence electrons. The van der Waals surface area contributed by atoms with E-state index < -0.39 is 44.9 Å². The molecule has 0 unspecified atom stereocenters. The van der Waals surface area contributed by atoms with E-state index in [2.05, 4.69) is 10.6 Å². The van der Waals surface area contributed by atoms with Crippen molar-refractivity contribution >= 4 is 21.8 Å². The molecular formula is C22H23F2N3O4S. The van der Waals surface area contributed by atoms with E-state index in [4.69, 9.17) is 0 Å². The molecule has 2 fully saturated rings. The number of hydrogen-bond acceptors (Lipinski definition) is 4. The first-order valence-corrected chi connectivity index (χ1v) is 11.6. The average molecular weight is 464 g/mol. The first kappa shape index (κ1) is 22.3. The summed E-state index contributed by atoms with van der Waals surface area (Å²) in [4.78, 5) is 25.3. The maximum Gasteiger partial charge on any atom is 0.243 e. The summed E-state index contributed by atoms with van der Waals surface area (Å²) in [6.45, 7) is -0.144. The zero-order valence-electron chi connectivity index (χ0n) is 17.3. The fraction of sp³-hybridized carbons (Fsp3) is 0.364. The van der Waals surface area contributed by atoms with Gasteiger partial charge in [-0.2, -0.15) is 4.31 Å². The van der Waals surface area contributed by atoms with Crippen LogP contribution in [0.3, 0.4) is 0 Å². The van der Waals surface area contributed by atoms with Crippen molar-refractivity contribution in [2.45, 2.75) is 30.3 Å². The summed E-state index contributed by atoms with van der Waals surface area (Å²) in [5.41, 5.74) is -0.639. The molecule has 2 aromatic carbocycles. The fourth-order valence-electron chi connectivity index (χ4n) is 4.45. The highest BCUT2D eigenvalue weighted by Gasteiger charge is 2.66. The number of benzene rings is 2. The molecule has 0 bridgehead atoms. The zero-order chi connectivity index (χ0) is 23.1. The molecule has 32 heavy (non-hydrogen) atoms. The molecule has 10 heteroatoms. The molecule has 2 aliphatic rings. The van der Waals surface area contributed by atoms with Crippen molar-refractivity contribution in [1.82, 2.24) is 14.9 Å². The predicted molar refractivity (Wildman–Crippen MR) is 112 cm³/mol. The minimum absolute atomic E-state index is 0.0241. The van der Waals surface area contributed by atoms with Crippen LogP contribution in [0.4, 0.5) is 8.78 Å². The summed E-state index contributed by atoms with van der Waals surface area (Å²) in [5, 5.41) is 5.11. The molecular weight excluding hydrogens is 440 g/mol. The Labute approximate surface area is 184 Å². The topological polar surface area (TPSA) is 95.6 Å². The predicted octanol–water partition coefficient (Wildman–Crippen LogP) is 1.80. The van der Waals surface area contributed by atoms with E-state index in [0.717, 1.165) is 18.2 Å². The quantitative estimate of drug-likeness (QED) is 0.683. The van der Waals surface area contributed by atoms with E-state index in [0.29, 0.717) is 6.42 Å². The smallest absolute Gasteiger partial charge is 0.243 e. The Morgan fingerprint density at radius 3 is 2.50 bits per heavy atom. The van der Waals surface area contributed by atoms with E-state index in [1.54, 1.807) is 18.2 Å². The number of likely N-dealkylation sites (N-methyl/N-ethyl adjacent to an activating group) is 1. The highest BCUT2D eigenvalue weighted by molar-refractivity contribution is 7.89. The van der Waals surface area contributed by atoms with Crippen LogP contribution in [0, 0.1) is 23.0 Å². The molecule has 0 aromatic heterocycles. The molecule has 4 rings (SSSR count). The molecule has 1 spiro atoms. The van der Waals surface area contributed by atoms with Gasteiger partial charge >= 0.3 is 0 Å². The number of sulfonamides is 1. The monoisotopic (exact) mass is 463 g/mol. The number of hydrogen-bond donors (Lipinski definition) is 2. The Kier molecular flexibility index (Phi) is 5.76. The zero-order valence-corrected chi connectivity index (χ0v) is 18.2. The number of nitrogens with one attached hydrogen (secondary N) is 2. The van der Waals surface area contributed by atoms with Gasteiger partial charge in [0.25, 0.3) is 0 Å². The van der Waals surface area contributed by atoms with Gasteiger partial charge in [-0.25, -0.2) is 17.2 Å². The third-order valence-electron chi connectivity index (χ3n) is 6.28. The van der Waals surface area contributed by atoms with Crippen LogP contribution in [-0.4, -0.2) is 44.2 Å². The largest absolute Gasteiger partial charge is 0.358 e. The van der Waals surface area contributed by atoms with Crippen LogP contribution in [0.1, 0.15) is 18.4 Å². The molecule has 2 N–H and O–H groups in total. The summed E-state index contributed by atoms with van der Waals surface area (Å²) in [6, 6.07) is 9.91. The van der Waals surface area contributed by atoms with E-state index in [9.17, 15) is 26.8 Å². The van der Waals surface area contributed by atoms with Crippen molar-refractivity contribution in [3.8, 4) is 0 Å². The van der Waals surface area contributed by atoms with Crippen molar-refractivity contribution in [2.75, 3.05) is 13.6 Å². The van der Waals surface area contributed by atoms with Gasteiger partial charge in [-0.1, -0.05) is 18.2 Å². The van der Waals surface area contributed by atoms with Gasteiger partial charge in [-0.15, -0.1) is 0 Å². The lowest BCUT2D eigenvalue weighted by atomic mass is 9.99. The summed E-state index contributed by atoms with van der Waals surface area (Å²) in [6.07, 6.45) is 0.629. The number of carbonyl (C=O) groups is 2. The van der Waals surface area contributed by atoms with Gasteiger partial charge in [0.05, 0.1) is 4.90 Å². The lowest BCUT2D eigenvalue weighted by Crippen LogP contribution is -2.44. The Morgan fingerprint density at radius 1 is 1.09 bits per heavy atom. The lowest BCUT2D eigenvalue weighted by molar-refractivity contribution is -0.124. The van der Waals surface area contributed by atoms with E-state index in [1.807, 2.05) is 0 Å². The third kappa shape index (κ3) is 4.00. The van der Waals surface area contributed by atoms with Crippen LogP contribution in [0.25, 0.3) is 0 Å². The van der Waals surface area contributed by atoms with Gasteiger partial charge in [0.15, 0.2) is 0 Å². The minimum Gasteiger partial charge on any atom is -0.358 e. The van der Waals surface area contributed by atoms with Gasteiger partial charge in [0.1, 0.15) is 17.7 Å². The number of nitrogens with zero attached hydrogens (tertiary/aromatic N) is 1. The van der Waals surface area contributed by atoms with Gasteiger partial charge in [0.2, 0.25) is 21.8 Å². The van der Waals surface area contributed by atoms with E-state index in [1.165, 1.54) is 23.5 Å². The van der Waals surface area contributed by atoms with Gasteiger partial charge in [-0.05, 0) is 48.6 Å². The Hall–Kier alpha value is -2.85. The van der Waals surface area contributed by atoms with Gasteiger partial charge < -0.3 is 10.6 Å². The van der Waals surface area contributed by atoms with Crippen molar-refractivity contribution in [3.63, 3.8) is 0 Å². The summed E-state index contributed by atoms with van der Waals surface area (Å²) >= 11 is 0. The Balaban J connectivity index is 1.50. The summed E-state index contributed by atoms with van der Waals surface area (Å²) in [5.74, 6) is -2.55. The van der Waals surface area contributed by atoms with Crippen molar-refractivity contribution in [1.29, 1.82) is 0 Å². The van der Waals surface area contributed by atoms with E-state index in [-0.39, 0.29) is 35.9 Å². The van der Waals surface area contributed by atoms with Gasteiger partial charge in [-0.3, -0.25) is 9.59 Å². The highest BCUT2D eigenvalue weighted by Crippen LogP contribution is 2.61. The van der Waals surface area contributed by atoms with E-state index >= 15 is 0 Å². The number of halogens is 2. The summed E-state index contributed by atoms with van der Waals surface area (Å²) in [7, 11) is -2.50. The second kappa shape index (κ2) is 8.25. The second-order valence-corrected chi connectivity index (χ2v) is 10.2. The molecule has 2 aromatic rings. The molecule has 0 radical (unpaired) electrons. The average Bonchev–Trinajstić information content (AvgIpc) is 3.35. The van der Waals surface area contributed by atoms with Crippen LogP contribution in [0.5, 0.6) is 0 Å². The molecule has 2 amide bonds. The Morgan fingerprint density at radius 2 is 1.81 bits per heavy atom. The molecule has 1 aliphatic heterocycles. The lowest BCUT2D eigenvalue weighted by Gasteiger charge is -2.22. The number of carbonyl (C=O) groups excluding carboxylic acids is 2. The molecule has 1 heterocycles. The Bertz CT molecular complexity index is 1160. The molecule has 1 aliphatic carbocycles. The first-order valence-electron chi connectivity index (χ1n) is 10.2. The highest BCUT2D eigenvalue weighted by atomic mass is 32.2. The second-order valence-electron chi connectivity index (χ2n) is 8.27. The van der Waals surface area contributed by atoms with Crippen LogP contribution in [0.2, 0.25) is 0 Å². The third-order valence-corrected chi connectivity index (χ3v) is 8.15. The van der Waals surface area contributed by atoms with Crippen LogP contribution in [0.15, 0.2) is 53.4 Å². The molecule has 1 saturated heterocycles. The first-order chi connectivity index (χ1) is 15.2. The van der Waals surface area contributed by atoms with Crippen molar-refractivity contribution in [3.05, 3.63) is 65.7 Å². The van der Waals surface area contributed by atoms with Crippen LogP contribution in [-0.2, 0) is 26.2 Å². The van der Waals surface area contributed by atoms with Crippen LogP contribution >= 0.6 is 0 Å². The minimum atomic E-state index is -3.94. The molecule has 7 nitrogen and oxygen atoms in total. The molecule has 3 atom stereocenters. The van der Waals surface area contributed by atoms with Crippen molar-refractivity contribution in [2.24, 2.45) is 11.3 Å². The number of rotatable bonds is 6. The van der Waals surface area contributed by atoms with Crippen molar-refractivity contribution < 1.29 is 26.8 Å². The van der Waals surface area contributed by atoms with Crippen LogP contribution < -0.4 is 10.6 Å². The van der Waals surface area contributed by atoms with Gasteiger partial charge in [0, 0.05) is 31.6 Å². The number of amides is 2.